The summed E-state index contributed by atoms with van der Waals surface area (Å²) in [5, 5.41) is 3.50. The predicted molar refractivity (Wildman–Crippen MR) is 95.3 cm³/mol. The van der Waals surface area contributed by atoms with Gasteiger partial charge >= 0.3 is 0 Å². The van der Waals surface area contributed by atoms with Gasteiger partial charge in [0, 0.05) is 13.8 Å². The highest BCUT2D eigenvalue weighted by Crippen LogP contribution is 2.36. The molecule has 0 aliphatic carbocycles. The van der Waals surface area contributed by atoms with Crippen LogP contribution in [0.4, 0.5) is 5.69 Å². The van der Waals surface area contributed by atoms with Crippen LogP contribution in [0.1, 0.15) is 16.7 Å². The second kappa shape index (κ2) is 6.57. The normalized spacial score (nSPS) is 12.3. The Labute approximate surface area is 148 Å². The topological polar surface area (TPSA) is 25.2 Å². The first-order valence-electron chi connectivity index (χ1n) is 6.14. The first-order chi connectivity index (χ1) is 10.1. The van der Waals surface area contributed by atoms with Crippen LogP contribution in [0.3, 0.4) is 0 Å². The maximum Gasteiger partial charge on any atom is 0.131 e. The van der Waals surface area contributed by atoms with Crippen molar-refractivity contribution in [2.24, 2.45) is 0 Å². The van der Waals surface area contributed by atoms with E-state index >= 15 is 0 Å². The van der Waals surface area contributed by atoms with Crippen LogP contribution in [0.15, 0.2) is 62.1 Å². The quantitative estimate of drug-likeness (QED) is 0.480. The van der Waals surface area contributed by atoms with E-state index in [1.165, 1.54) is 11.3 Å². The molecule has 0 radical (unpaired) electrons. The minimum atomic E-state index is -0.0805. The Morgan fingerprint density at radius 2 is 2.00 bits per heavy atom. The molecular formula is C15H10Br2ClNOS. The highest BCUT2D eigenvalue weighted by molar-refractivity contribution is 9.11. The first kappa shape index (κ1) is 15.2. The third kappa shape index (κ3) is 3.54. The molecule has 108 valence electrons. The van der Waals surface area contributed by atoms with Crippen LogP contribution < -0.4 is 5.32 Å². The Bertz CT molecular complexity index is 742. The molecule has 2 nitrogen and oxygen atoms in total. The van der Waals surface area contributed by atoms with E-state index in [1.807, 2.05) is 42.5 Å². The summed E-state index contributed by atoms with van der Waals surface area (Å²) in [6.45, 7) is 0. The van der Waals surface area contributed by atoms with Crippen LogP contribution in [0, 0.1) is 0 Å². The maximum atomic E-state index is 6.07. The summed E-state index contributed by atoms with van der Waals surface area (Å²) in [6.07, 6.45) is 1.68. The lowest BCUT2D eigenvalue weighted by Gasteiger charge is -2.18. The van der Waals surface area contributed by atoms with Gasteiger partial charge in [-0.05, 0) is 58.4 Å². The number of benzene rings is 1. The second-order valence-corrected chi connectivity index (χ2v) is 7.88. The van der Waals surface area contributed by atoms with E-state index in [9.17, 15) is 0 Å². The predicted octanol–water partition coefficient (Wildman–Crippen LogP) is 6.72. The van der Waals surface area contributed by atoms with Gasteiger partial charge < -0.3 is 9.73 Å². The van der Waals surface area contributed by atoms with E-state index in [-0.39, 0.29) is 6.04 Å². The first-order valence-corrected chi connectivity index (χ1v) is 8.92. The third-order valence-corrected chi connectivity index (χ3v) is 5.42. The third-order valence-electron chi connectivity index (χ3n) is 2.93. The van der Waals surface area contributed by atoms with Crippen molar-refractivity contribution in [2.45, 2.75) is 6.04 Å². The van der Waals surface area contributed by atoms with Gasteiger partial charge in [-0.3, -0.25) is 0 Å². The number of nitrogens with one attached hydrogen (secondary N) is 1. The lowest BCUT2D eigenvalue weighted by atomic mass is 10.1. The fraction of sp³-hybridized carbons (Fsp3) is 0.0667. The van der Waals surface area contributed by atoms with Crippen molar-refractivity contribution < 1.29 is 4.42 Å². The number of thiophene rings is 1. The zero-order valence-electron chi connectivity index (χ0n) is 10.6. The molecule has 3 aromatic rings. The lowest BCUT2D eigenvalue weighted by molar-refractivity contribution is 0.500. The Balaban J connectivity index is 1.98. The average Bonchev–Trinajstić information content (AvgIpc) is 3.11. The van der Waals surface area contributed by atoms with Crippen LogP contribution in [0.2, 0.25) is 4.34 Å². The summed E-state index contributed by atoms with van der Waals surface area (Å²) in [5.41, 5.74) is 0.982. The number of halogens is 3. The molecule has 0 amide bonds. The van der Waals surface area contributed by atoms with Crippen LogP contribution in [-0.4, -0.2) is 0 Å². The van der Waals surface area contributed by atoms with Crippen molar-refractivity contribution in [3.8, 4) is 0 Å². The van der Waals surface area contributed by atoms with Crippen molar-refractivity contribution in [3.63, 3.8) is 0 Å². The molecular weight excluding hydrogens is 437 g/mol. The Kier molecular flexibility index (Phi) is 4.74. The number of hydrogen-bond donors (Lipinski definition) is 1. The summed E-state index contributed by atoms with van der Waals surface area (Å²) < 4.78 is 8.34. The summed E-state index contributed by atoms with van der Waals surface area (Å²) in [5.74, 6) is 0.848. The molecule has 1 N–H and O–H groups in total. The second-order valence-electron chi connectivity index (χ2n) is 4.36. The molecule has 1 atom stereocenters. The molecule has 0 saturated carbocycles. The molecule has 0 fully saturated rings. The van der Waals surface area contributed by atoms with Crippen molar-refractivity contribution in [3.05, 3.63) is 72.6 Å². The summed E-state index contributed by atoms with van der Waals surface area (Å²) in [6, 6.07) is 13.7. The van der Waals surface area contributed by atoms with Crippen LogP contribution in [-0.2, 0) is 0 Å². The number of hydrogen-bond acceptors (Lipinski definition) is 3. The largest absolute Gasteiger partial charge is 0.467 e. The molecule has 0 aliphatic heterocycles. The Morgan fingerprint density at radius 1 is 1.14 bits per heavy atom. The van der Waals surface area contributed by atoms with E-state index in [2.05, 4.69) is 37.2 Å². The highest BCUT2D eigenvalue weighted by Gasteiger charge is 2.20. The Morgan fingerprint density at radius 3 is 2.67 bits per heavy atom. The zero-order valence-corrected chi connectivity index (χ0v) is 15.4. The number of rotatable bonds is 4. The van der Waals surface area contributed by atoms with E-state index in [4.69, 9.17) is 16.0 Å². The van der Waals surface area contributed by atoms with Gasteiger partial charge in [0.2, 0.25) is 0 Å². The van der Waals surface area contributed by atoms with Gasteiger partial charge in [0.1, 0.15) is 11.8 Å². The summed E-state index contributed by atoms with van der Waals surface area (Å²) >= 11 is 14.7. The molecule has 0 bridgehead atoms. The van der Waals surface area contributed by atoms with Gasteiger partial charge in [0.15, 0.2) is 0 Å². The zero-order chi connectivity index (χ0) is 14.8. The molecule has 2 aromatic heterocycles. The maximum absolute atomic E-state index is 6.07. The van der Waals surface area contributed by atoms with Crippen LogP contribution in [0.25, 0.3) is 0 Å². The van der Waals surface area contributed by atoms with E-state index < -0.39 is 0 Å². The highest BCUT2D eigenvalue weighted by atomic mass is 79.9. The molecule has 1 aromatic carbocycles. The van der Waals surface area contributed by atoms with Crippen molar-refractivity contribution in [2.75, 3.05) is 5.32 Å². The molecule has 0 saturated heterocycles. The molecule has 1 unspecified atom stereocenters. The molecule has 2 heterocycles. The Hall–Kier alpha value is -0.750. The molecule has 3 rings (SSSR count). The summed E-state index contributed by atoms with van der Waals surface area (Å²) in [4.78, 5) is 1.10. The standard InChI is InChI=1S/C15H10Br2ClNOS/c16-9-3-4-10(17)11(8-9)19-15(12-2-1-7-20-12)13-5-6-14(18)21-13/h1-8,15,19H. The smallest absolute Gasteiger partial charge is 0.131 e. The van der Waals surface area contributed by atoms with Crippen molar-refractivity contribution >= 4 is 60.5 Å². The van der Waals surface area contributed by atoms with Gasteiger partial charge in [0.05, 0.1) is 16.3 Å². The van der Waals surface area contributed by atoms with Gasteiger partial charge in [-0.25, -0.2) is 0 Å². The number of furan rings is 1. The van der Waals surface area contributed by atoms with E-state index in [1.54, 1.807) is 6.26 Å². The van der Waals surface area contributed by atoms with Crippen molar-refractivity contribution in [1.82, 2.24) is 0 Å². The van der Waals surface area contributed by atoms with E-state index in [0.29, 0.717) is 0 Å². The lowest BCUT2D eigenvalue weighted by Crippen LogP contribution is -2.10. The molecule has 21 heavy (non-hydrogen) atoms. The molecule has 6 heteroatoms. The SMILES string of the molecule is Clc1ccc(C(Nc2cc(Br)ccc2Br)c2ccco2)s1. The van der Waals surface area contributed by atoms with Crippen molar-refractivity contribution in [1.29, 1.82) is 0 Å². The molecule has 0 spiro atoms. The van der Waals surface area contributed by atoms with Gasteiger partial charge in [-0.1, -0.05) is 27.5 Å². The van der Waals surface area contributed by atoms with Crippen LogP contribution in [0.5, 0.6) is 0 Å². The van der Waals surface area contributed by atoms with Gasteiger partial charge in [0.25, 0.3) is 0 Å². The van der Waals surface area contributed by atoms with Gasteiger partial charge in [-0.2, -0.15) is 0 Å². The minimum Gasteiger partial charge on any atom is -0.467 e. The summed E-state index contributed by atoms with van der Waals surface area (Å²) in [7, 11) is 0. The minimum absolute atomic E-state index is 0.0805. The monoisotopic (exact) mass is 445 g/mol. The fourth-order valence-corrected chi connectivity index (χ4v) is 3.83. The van der Waals surface area contributed by atoms with Crippen LogP contribution >= 0.6 is 54.8 Å². The van der Waals surface area contributed by atoms with Gasteiger partial charge in [-0.15, -0.1) is 11.3 Å². The fourth-order valence-electron chi connectivity index (χ4n) is 1.99. The number of anilines is 1. The molecule has 0 aliphatic rings. The van der Waals surface area contributed by atoms with E-state index in [0.717, 1.165) is 29.6 Å². The average molecular weight is 448 g/mol.